The van der Waals surface area contributed by atoms with Gasteiger partial charge >= 0.3 is 5.97 Å². The first kappa shape index (κ1) is 18.8. The lowest BCUT2D eigenvalue weighted by molar-refractivity contribution is 0.0690. The lowest BCUT2D eigenvalue weighted by Gasteiger charge is -2.10. The molecule has 1 aromatic heterocycles. The molecule has 142 valence electrons. The molecule has 0 atom stereocenters. The quantitative estimate of drug-likeness (QED) is 0.561. The number of H-pyrrole nitrogens is 1. The molecule has 2 aromatic carbocycles. The van der Waals surface area contributed by atoms with Gasteiger partial charge in [-0.2, -0.15) is 0 Å². The fraction of sp³-hybridized carbons (Fsp3) is 0.286. The molecule has 27 heavy (non-hydrogen) atoms. The van der Waals surface area contributed by atoms with Gasteiger partial charge in [0.05, 0.1) is 18.7 Å². The summed E-state index contributed by atoms with van der Waals surface area (Å²) in [6, 6.07) is 13.4. The van der Waals surface area contributed by atoms with E-state index in [1.54, 1.807) is 13.2 Å². The standard InChI is InChI=1S/C21H24N2O4/c1-13(2)27-15-6-4-14(5-7-15)11-22-12-18-17-9-8-16(26-3)10-19(17)23-20(18)21(24)25/h4-10,13,22-23H,11-12H2,1-3H3,(H,24,25). The van der Waals surface area contributed by atoms with Crippen molar-refractivity contribution in [1.29, 1.82) is 0 Å². The lowest BCUT2D eigenvalue weighted by Crippen LogP contribution is -2.15. The monoisotopic (exact) mass is 368 g/mol. The third-order valence-electron chi connectivity index (χ3n) is 4.25. The number of hydrogen-bond donors (Lipinski definition) is 3. The maximum atomic E-state index is 11.6. The first-order chi connectivity index (χ1) is 13.0. The molecule has 3 N–H and O–H groups in total. The van der Waals surface area contributed by atoms with Crippen LogP contribution in [0.25, 0.3) is 10.9 Å². The largest absolute Gasteiger partial charge is 0.497 e. The Kier molecular flexibility index (Phi) is 5.66. The molecule has 0 bridgehead atoms. The van der Waals surface area contributed by atoms with Crippen LogP contribution in [0.2, 0.25) is 0 Å². The number of hydrogen-bond acceptors (Lipinski definition) is 4. The highest BCUT2D eigenvalue weighted by atomic mass is 16.5. The Morgan fingerprint density at radius 1 is 1.11 bits per heavy atom. The zero-order chi connectivity index (χ0) is 19.4. The number of aromatic nitrogens is 1. The first-order valence-electron chi connectivity index (χ1n) is 8.86. The molecular weight excluding hydrogens is 344 g/mol. The minimum atomic E-state index is -0.975. The van der Waals surface area contributed by atoms with Crippen molar-refractivity contribution in [2.24, 2.45) is 0 Å². The second-order valence-corrected chi connectivity index (χ2v) is 6.61. The SMILES string of the molecule is COc1ccc2c(CNCc3ccc(OC(C)C)cc3)c(C(=O)O)[nH]c2c1. The molecule has 3 rings (SSSR count). The molecule has 0 saturated carbocycles. The Hall–Kier alpha value is -2.99. The molecule has 1 heterocycles. The minimum Gasteiger partial charge on any atom is -0.497 e. The molecule has 6 heteroatoms. The van der Waals surface area contributed by atoms with E-state index in [0.717, 1.165) is 27.8 Å². The number of fused-ring (bicyclic) bond motifs is 1. The molecule has 0 saturated heterocycles. The predicted molar refractivity (Wildman–Crippen MR) is 105 cm³/mol. The van der Waals surface area contributed by atoms with Gasteiger partial charge in [-0.05, 0) is 43.7 Å². The number of nitrogens with one attached hydrogen (secondary N) is 2. The second-order valence-electron chi connectivity index (χ2n) is 6.61. The number of aromatic amines is 1. The van der Waals surface area contributed by atoms with Crippen LogP contribution in [0.4, 0.5) is 0 Å². The number of rotatable bonds is 8. The molecule has 3 aromatic rings. The van der Waals surface area contributed by atoms with Crippen LogP contribution in [0.5, 0.6) is 11.5 Å². The Balaban J connectivity index is 1.72. The number of ether oxygens (including phenoxy) is 2. The van der Waals surface area contributed by atoms with Crippen LogP contribution in [-0.4, -0.2) is 29.3 Å². The summed E-state index contributed by atoms with van der Waals surface area (Å²) in [6.07, 6.45) is 0.143. The van der Waals surface area contributed by atoms with E-state index in [2.05, 4.69) is 10.3 Å². The summed E-state index contributed by atoms with van der Waals surface area (Å²) in [5, 5.41) is 13.7. The summed E-state index contributed by atoms with van der Waals surface area (Å²) in [6.45, 7) is 5.06. The molecule has 0 fully saturated rings. The maximum absolute atomic E-state index is 11.6. The average Bonchev–Trinajstić information content (AvgIpc) is 3.01. The number of carbonyl (C=O) groups is 1. The number of methoxy groups -OCH3 is 1. The van der Waals surface area contributed by atoms with Crippen LogP contribution < -0.4 is 14.8 Å². The predicted octanol–water partition coefficient (Wildman–Crippen LogP) is 3.95. The summed E-state index contributed by atoms with van der Waals surface area (Å²) in [4.78, 5) is 14.6. The molecule has 6 nitrogen and oxygen atoms in total. The van der Waals surface area contributed by atoms with Crippen molar-refractivity contribution in [2.45, 2.75) is 33.0 Å². The highest BCUT2D eigenvalue weighted by molar-refractivity contribution is 5.97. The van der Waals surface area contributed by atoms with Gasteiger partial charge in [0, 0.05) is 30.1 Å². The van der Waals surface area contributed by atoms with Crippen molar-refractivity contribution in [3.05, 3.63) is 59.3 Å². The molecule has 0 aliphatic rings. The van der Waals surface area contributed by atoms with E-state index in [1.165, 1.54) is 0 Å². The van der Waals surface area contributed by atoms with E-state index in [-0.39, 0.29) is 11.8 Å². The molecule has 0 amide bonds. The Bertz CT molecular complexity index is 929. The van der Waals surface area contributed by atoms with Crippen LogP contribution in [0.3, 0.4) is 0 Å². The first-order valence-corrected chi connectivity index (χ1v) is 8.86. The smallest absolute Gasteiger partial charge is 0.352 e. The topological polar surface area (TPSA) is 83.6 Å². The number of carboxylic acids is 1. The Morgan fingerprint density at radius 3 is 2.44 bits per heavy atom. The van der Waals surface area contributed by atoms with Crippen molar-refractivity contribution >= 4 is 16.9 Å². The van der Waals surface area contributed by atoms with Gasteiger partial charge in [0.15, 0.2) is 0 Å². The van der Waals surface area contributed by atoms with Gasteiger partial charge in [0.1, 0.15) is 17.2 Å². The van der Waals surface area contributed by atoms with Gasteiger partial charge < -0.3 is 24.9 Å². The average molecular weight is 368 g/mol. The molecule has 0 unspecified atom stereocenters. The van der Waals surface area contributed by atoms with Gasteiger partial charge in [-0.3, -0.25) is 0 Å². The maximum Gasteiger partial charge on any atom is 0.352 e. The van der Waals surface area contributed by atoms with Crippen LogP contribution >= 0.6 is 0 Å². The van der Waals surface area contributed by atoms with Crippen LogP contribution in [-0.2, 0) is 13.1 Å². The Labute approximate surface area is 158 Å². The van der Waals surface area contributed by atoms with E-state index >= 15 is 0 Å². The molecule has 0 radical (unpaired) electrons. The highest BCUT2D eigenvalue weighted by Crippen LogP contribution is 2.26. The van der Waals surface area contributed by atoms with Gasteiger partial charge in [-0.15, -0.1) is 0 Å². The normalized spacial score (nSPS) is 11.1. The van der Waals surface area contributed by atoms with Crippen molar-refractivity contribution in [3.63, 3.8) is 0 Å². The number of carboxylic acid groups (broad SMARTS) is 1. The van der Waals surface area contributed by atoms with Gasteiger partial charge in [0.25, 0.3) is 0 Å². The van der Waals surface area contributed by atoms with Crippen molar-refractivity contribution in [1.82, 2.24) is 10.3 Å². The minimum absolute atomic E-state index is 0.143. The van der Waals surface area contributed by atoms with Crippen LogP contribution in [0, 0.1) is 0 Å². The fourth-order valence-corrected chi connectivity index (χ4v) is 3.02. The van der Waals surface area contributed by atoms with Gasteiger partial charge in [-0.1, -0.05) is 12.1 Å². The number of aromatic carboxylic acids is 1. The highest BCUT2D eigenvalue weighted by Gasteiger charge is 2.17. The summed E-state index contributed by atoms with van der Waals surface area (Å²) < 4.78 is 10.9. The van der Waals surface area contributed by atoms with E-state index in [9.17, 15) is 9.90 Å². The van der Waals surface area contributed by atoms with Crippen LogP contribution in [0.1, 0.15) is 35.5 Å². The summed E-state index contributed by atoms with van der Waals surface area (Å²) in [7, 11) is 1.59. The summed E-state index contributed by atoms with van der Waals surface area (Å²) in [5.41, 5.74) is 2.79. The molecular formula is C21H24N2O4. The molecule has 0 aliphatic carbocycles. The summed E-state index contributed by atoms with van der Waals surface area (Å²) >= 11 is 0. The second kappa shape index (κ2) is 8.14. The Morgan fingerprint density at radius 2 is 1.81 bits per heavy atom. The molecule has 0 spiro atoms. The van der Waals surface area contributed by atoms with E-state index < -0.39 is 5.97 Å². The lowest BCUT2D eigenvalue weighted by atomic mass is 10.1. The summed E-state index contributed by atoms with van der Waals surface area (Å²) in [5.74, 6) is 0.550. The van der Waals surface area contributed by atoms with Gasteiger partial charge in [0.2, 0.25) is 0 Å². The van der Waals surface area contributed by atoms with Gasteiger partial charge in [-0.25, -0.2) is 4.79 Å². The van der Waals surface area contributed by atoms with Crippen LogP contribution in [0.15, 0.2) is 42.5 Å². The molecule has 0 aliphatic heterocycles. The van der Waals surface area contributed by atoms with Crippen molar-refractivity contribution in [2.75, 3.05) is 7.11 Å². The zero-order valence-electron chi connectivity index (χ0n) is 15.7. The zero-order valence-corrected chi connectivity index (χ0v) is 15.7. The van der Waals surface area contributed by atoms with E-state index in [4.69, 9.17) is 9.47 Å². The van der Waals surface area contributed by atoms with Crippen molar-refractivity contribution < 1.29 is 19.4 Å². The van der Waals surface area contributed by atoms with E-state index in [0.29, 0.717) is 18.8 Å². The number of benzene rings is 2. The van der Waals surface area contributed by atoms with E-state index in [1.807, 2.05) is 50.2 Å². The fourth-order valence-electron chi connectivity index (χ4n) is 3.02. The van der Waals surface area contributed by atoms with Crippen molar-refractivity contribution in [3.8, 4) is 11.5 Å². The third-order valence-corrected chi connectivity index (χ3v) is 4.25. The third kappa shape index (κ3) is 4.41.